The molecule has 0 aromatic heterocycles. The van der Waals surface area contributed by atoms with E-state index in [4.69, 9.17) is 0 Å². The summed E-state index contributed by atoms with van der Waals surface area (Å²) < 4.78 is 0. The highest BCUT2D eigenvalue weighted by atomic mass is 16.3. The van der Waals surface area contributed by atoms with Crippen molar-refractivity contribution in [1.29, 1.82) is 0 Å². The lowest BCUT2D eigenvalue weighted by atomic mass is 9.75. The Morgan fingerprint density at radius 3 is 2.11 bits per heavy atom. The highest BCUT2D eigenvalue weighted by Gasteiger charge is 2.32. The van der Waals surface area contributed by atoms with Crippen molar-refractivity contribution in [3.05, 3.63) is 35.4 Å². The Hall–Kier alpha value is -0.820. The van der Waals surface area contributed by atoms with Crippen molar-refractivity contribution in [3.63, 3.8) is 0 Å². The fourth-order valence-electron chi connectivity index (χ4n) is 3.07. The van der Waals surface area contributed by atoms with E-state index in [-0.39, 0.29) is 0 Å². The van der Waals surface area contributed by atoms with Crippen LogP contribution in [0.4, 0.5) is 0 Å². The third-order valence-electron chi connectivity index (χ3n) is 4.58. The average molecular weight is 246 g/mol. The maximum Gasteiger partial charge on any atom is 0.0688 e. The zero-order valence-corrected chi connectivity index (χ0v) is 11.8. The van der Waals surface area contributed by atoms with Gasteiger partial charge in [0.1, 0.15) is 0 Å². The molecule has 1 N–H and O–H groups in total. The summed E-state index contributed by atoms with van der Waals surface area (Å²) in [6.07, 6.45) is 7.51. The van der Waals surface area contributed by atoms with Gasteiger partial charge in [-0.3, -0.25) is 0 Å². The first kappa shape index (κ1) is 13.6. The van der Waals surface area contributed by atoms with Crippen molar-refractivity contribution in [2.24, 2.45) is 5.92 Å². The molecule has 1 aromatic carbocycles. The molecule has 0 aliphatic heterocycles. The zero-order chi connectivity index (χ0) is 13.0. The fraction of sp³-hybridized carbons (Fsp3) is 0.647. The molecule has 0 radical (unpaired) electrons. The highest BCUT2D eigenvalue weighted by Crippen LogP contribution is 2.35. The number of aryl methyl sites for hydroxylation is 1. The molecule has 0 unspecified atom stereocenters. The summed E-state index contributed by atoms with van der Waals surface area (Å²) >= 11 is 0. The van der Waals surface area contributed by atoms with Crippen LogP contribution in [0, 0.1) is 5.92 Å². The number of hydrogen-bond acceptors (Lipinski definition) is 1. The van der Waals surface area contributed by atoms with E-state index in [0.29, 0.717) is 0 Å². The van der Waals surface area contributed by atoms with Crippen LogP contribution in [0.25, 0.3) is 0 Å². The van der Waals surface area contributed by atoms with Crippen molar-refractivity contribution in [3.8, 4) is 0 Å². The Kier molecular flexibility index (Phi) is 4.45. The highest BCUT2D eigenvalue weighted by molar-refractivity contribution is 5.24. The quantitative estimate of drug-likeness (QED) is 0.847. The first-order valence-electron chi connectivity index (χ1n) is 7.45. The second-order valence-electron chi connectivity index (χ2n) is 5.92. The summed E-state index contributed by atoms with van der Waals surface area (Å²) in [5, 5.41) is 10.7. The van der Waals surface area contributed by atoms with E-state index in [1.165, 1.54) is 30.4 Å². The number of benzene rings is 1. The first-order valence-corrected chi connectivity index (χ1v) is 7.45. The molecule has 2 rings (SSSR count). The van der Waals surface area contributed by atoms with Crippen molar-refractivity contribution >= 4 is 0 Å². The normalized spacial score (nSPS) is 28.3. The van der Waals surface area contributed by atoms with E-state index in [2.05, 4.69) is 38.1 Å². The largest absolute Gasteiger partial charge is 0.390 e. The SMILES string of the molecule is CCc1ccc(CC2(O)CCC(CC)CC2)cc1. The monoisotopic (exact) mass is 246 g/mol. The summed E-state index contributed by atoms with van der Waals surface area (Å²) in [5.41, 5.74) is 2.21. The van der Waals surface area contributed by atoms with Crippen LogP contribution in [0.3, 0.4) is 0 Å². The van der Waals surface area contributed by atoms with Crippen LogP contribution >= 0.6 is 0 Å². The van der Waals surface area contributed by atoms with E-state index in [0.717, 1.165) is 31.6 Å². The van der Waals surface area contributed by atoms with Gasteiger partial charge in [-0.2, -0.15) is 0 Å². The summed E-state index contributed by atoms with van der Waals surface area (Å²) in [7, 11) is 0. The lowest BCUT2D eigenvalue weighted by molar-refractivity contribution is -0.00922. The maximum atomic E-state index is 10.7. The second-order valence-corrected chi connectivity index (χ2v) is 5.92. The van der Waals surface area contributed by atoms with Gasteiger partial charge in [0.25, 0.3) is 0 Å². The molecular formula is C17H26O. The molecule has 1 aliphatic rings. The van der Waals surface area contributed by atoms with E-state index >= 15 is 0 Å². The standard InChI is InChI=1S/C17H26O/c1-3-14-5-7-16(8-6-14)13-17(18)11-9-15(4-2)10-12-17/h5-8,15,18H,3-4,9-13H2,1-2H3. The number of hydrogen-bond donors (Lipinski definition) is 1. The molecule has 0 saturated heterocycles. The lowest BCUT2D eigenvalue weighted by Gasteiger charge is -2.36. The van der Waals surface area contributed by atoms with Crippen molar-refractivity contribution < 1.29 is 5.11 Å². The van der Waals surface area contributed by atoms with Crippen molar-refractivity contribution in [2.45, 2.75) is 64.4 Å². The summed E-state index contributed by atoms with van der Waals surface area (Å²) in [5.74, 6) is 0.841. The molecule has 1 aromatic rings. The van der Waals surface area contributed by atoms with Crippen LogP contribution in [0.2, 0.25) is 0 Å². The molecule has 100 valence electrons. The molecule has 0 bridgehead atoms. The van der Waals surface area contributed by atoms with Gasteiger partial charge in [0.05, 0.1) is 5.60 Å². The van der Waals surface area contributed by atoms with Crippen LogP contribution < -0.4 is 0 Å². The molecule has 1 fully saturated rings. The van der Waals surface area contributed by atoms with Gasteiger partial charge < -0.3 is 5.11 Å². The molecule has 1 nitrogen and oxygen atoms in total. The molecule has 18 heavy (non-hydrogen) atoms. The van der Waals surface area contributed by atoms with E-state index in [9.17, 15) is 5.11 Å². The van der Waals surface area contributed by atoms with Crippen molar-refractivity contribution in [1.82, 2.24) is 0 Å². The molecule has 1 heteroatoms. The van der Waals surface area contributed by atoms with Gasteiger partial charge in [-0.05, 0) is 49.1 Å². The van der Waals surface area contributed by atoms with Gasteiger partial charge in [0.2, 0.25) is 0 Å². The van der Waals surface area contributed by atoms with Gasteiger partial charge in [-0.25, -0.2) is 0 Å². The molecule has 0 spiro atoms. The van der Waals surface area contributed by atoms with Gasteiger partial charge in [-0.15, -0.1) is 0 Å². The topological polar surface area (TPSA) is 20.2 Å². The Balaban J connectivity index is 1.95. The molecule has 0 amide bonds. The predicted octanol–water partition coefficient (Wildman–Crippen LogP) is 4.12. The molecule has 1 saturated carbocycles. The first-order chi connectivity index (χ1) is 8.65. The van der Waals surface area contributed by atoms with E-state index < -0.39 is 5.60 Å². The van der Waals surface area contributed by atoms with Crippen LogP contribution in [-0.4, -0.2) is 10.7 Å². The summed E-state index contributed by atoms with van der Waals surface area (Å²) in [4.78, 5) is 0. The van der Waals surface area contributed by atoms with Gasteiger partial charge in [0, 0.05) is 6.42 Å². The minimum Gasteiger partial charge on any atom is -0.390 e. The van der Waals surface area contributed by atoms with Gasteiger partial charge in [0.15, 0.2) is 0 Å². The van der Waals surface area contributed by atoms with Crippen LogP contribution in [0.5, 0.6) is 0 Å². The molecule has 1 aliphatic carbocycles. The Morgan fingerprint density at radius 2 is 1.61 bits per heavy atom. The van der Waals surface area contributed by atoms with Crippen LogP contribution in [-0.2, 0) is 12.8 Å². The summed E-state index contributed by atoms with van der Waals surface area (Å²) in [6, 6.07) is 8.75. The smallest absolute Gasteiger partial charge is 0.0688 e. The number of aliphatic hydroxyl groups is 1. The maximum absolute atomic E-state index is 10.7. The number of rotatable bonds is 4. The third-order valence-corrected chi connectivity index (χ3v) is 4.58. The summed E-state index contributed by atoms with van der Waals surface area (Å²) in [6.45, 7) is 4.44. The zero-order valence-electron chi connectivity index (χ0n) is 11.8. The molecule has 0 heterocycles. The Bertz CT molecular complexity index is 358. The Labute approximate surface area is 111 Å². The lowest BCUT2D eigenvalue weighted by Crippen LogP contribution is -2.36. The van der Waals surface area contributed by atoms with Crippen LogP contribution in [0.15, 0.2) is 24.3 Å². The predicted molar refractivity (Wildman–Crippen MR) is 76.7 cm³/mol. The molecular weight excluding hydrogens is 220 g/mol. The minimum absolute atomic E-state index is 0.445. The molecule has 0 atom stereocenters. The van der Waals surface area contributed by atoms with E-state index in [1.54, 1.807) is 0 Å². The second kappa shape index (κ2) is 5.88. The van der Waals surface area contributed by atoms with Crippen molar-refractivity contribution in [2.75, 3.05) is 0 Å². The minimum atomic E-state index is -0.445. The van der Waals surface area contributed by atoms with Gasteiger partial charge in [-0.1, -0.05) is 44.5 Å². The van der Waals surface area contributed by atoms with Gasteiger partial charge >= 0.3 is 0 Å². The van der Waals surface area contributed by atoms with Crippen LogP contribution in [0.1, 0.15) is 57.1 Å². The third kappa shape index (κ3) is 3.35. The van der Waals surface area contributed by atoms with E-state index in [1.807, 2.05) is 0 Å². The Morgan fingerprint density at radius 1 is 1.06 bits per heavy atom. The average Bonchev–Trinajstić information content (AvgIpc) is 2.40. The fourth-order valence-corrected chi connectivity index (χ4v) is 3.07.